The Balaban J connectivity index is 1.77. The number of nitrogens with one attached hydrogen (secondary N) is 1. The first-order valence-electron chi connectivity index (χ1n) is 6.69. The largest absolute Gasteiger partial charge is 0.310 e. The minimum atomic E-state index is -3.02. The van der Waals surface area contributed by atoms with E-state index in [1.807, 2.05) is 17.1 Å². The molecular weight excluding hydrogens is 264 g/mol. The maximum atomic E-state index is 11.4. The van der Waals surface area contributed by atoms with Crippen LogP contribution in [0.3, 0.4) is 0 Å². The van der Waals surface area contributed by atoms with Crippen molar-refractivity contribution in [3.63, 3.8) is 0 Å². The summed E-state index contributed by atoms with van der Waals surface area (Å²) in [6.07, 6.45) is 6.94. The summed E-state index contributed by atoms with van der Waals surface area (Å²) in [7, 11) is -3.02. The van der Waals surface area contributed by atoms with E-state index in [1.165, 1.54) is 11.8 Å². The van der Waals surface area contributed by atoms with Crippen LogP contribution in [0.1, 0.15) is 25.3 Å². The lowest BCUT2D eigenvalue weighted by atomic mass is 10.1. The molecule has 1 aromatic heterocycles. The summed E-state index contributed by atoms with van der Waals surface area (Å²) in [5.74, 6) is 0. The van der Waals surface area contributed by atoms with E-state index in [-0.39, 0.29) is 0 Å². The lowest BCUT2D eigenvalue weighted by Gasteiger charge is -2.30. The Labute approximate surface area is 114 Å². The van der Waals surface area contributed by atoms with Gasteiger partial charge in [0.1, 0.15) is 0 Å². The van der Waals surface area contributed by atoms with Crippen LogP contribution in [0.15, 0.2) is 12.4 Å². The van der Waals surface area contributed by atoms with Crippen LogP contribution < -0.4 is 5.32 Å². The van der Waals surface area contributed by atoms with Crippen LogP contribution in [-0.2, 0) is 23.1 Å². The van der Waals surface area contributed by atoms with Crippen molar-refractivity contribution < 1.29 is 8.42 Å². The lowest BCUT2D eigenvalue weighted by molar-refractivity contribution is 0.290. The fraction of sp³-hybridized carbons (Fsp3) is 0.750. The second-order valence-electron chi connectivity index (χ2n) is 5.02. The van der Waals surface area contributed by atoms with Crippen LogP contribution in [0.2, 0.25) is 0 Å². The average molecular weight is 286 g/mol. The SMILES string of the molecule is CCn1cc(CNC2CCN(S(C)(=O)=O)CC2)cn1. The minimum Gasteiger partial charge on any atom is -0.310 e. The molecule has 6 nitrogen and oxygen atoms in total. The number of hydrogen-bond acceptors (Lipinski definition) is 4. The van der Waals surface area contributed by atoms with E-state index in [2.05, 4.69) is 17.3 Å². The molecule has 2 rings (SSSR count). The lowest BCUT2D eigenvalue weighted by Crippen LogP contribution is -2.44. The molecule has 0 amide bonds. The second-order valence-corrected chi connectivity index (χ2v) is 7.00. The summed E-state index contributed by atoms with van der Waals surface area (Å²) in [5.41, 5.74) is 1.17. The summed E-state index contributed by atoms with van der Waals surface area (Å²) >= 11 is 0. The molecule has 0 aliphatic carbocycles. The molecule has 7 heteroatoms. The molecule has 0 atom stereocenters. The van der Waals surface area contributed by atoms with Gasteiger partial charge in [-0.15, -0.1) is 0 Å². The third-order valence-electron chi connectivity index (χ3n) is 3.53. The standard InChI is InChI=1S/C12H22N4O2S/c1-3-15-10-11(9-14-15)8-13-12-4-6-16(7-5-12)19(2,17)18/h9-10,12-13H,3-8H2,1-2H3. The number of sulfonamides is 1. The number of rotatable bonds is 5. The van der Waals surface area contributed by atoms with E-state index in [0.717, 1.165) is 25.9 Å². The van der Waals surface area contributed by atoms with E-state index in [0.29, 0.717) is 19.1 Å². The maximum Gasteiger partial charge on any atom is 0.211 e. The number of aromatic nitrogens is 2. The van der Waals surface area contributed by atoms with E-state index >= 15 is 0 Å². The Kier molecular flexibility index (Phi) is 4.59. The number of nitrogens with zero attached hydrogens (tertiary/aromatic N) is 3. The van der Waals surface area contributed by atoms with Gasteiger partial charge in [0.2, 0.25) is 10.0 Å². The number of hydrogen-bond donors (Lipinski definition) is 1. The summed E-state index contributed by atoms with van der Waals surface area (Å²) in [6.45, 7) is 4.97. The summed E-state index contributed by atoms with van der Waals surface area (Å²) < 4.78 is 26.3. The van der Waals surface area contributed by atoms with Gasteiger partial charge in [-0.25, -0.2) is 12.7 Å². The predicted molar refractivity (Wildman–Crippen MR) is 74.2 cm³/mol. The van der Waals surface area contributed by atoms with Crippen molar-refractivity contribution in [2.24, 2.45) is 0 Å². The molecule has 0 spiro atoms. The van der Waals surface area contributed by atoms with Crippen LogP contribution in [0.4, 0.5) is 0 Å². The van der Waals surface area contributed by atoms with Crippen molar-refractivity contribution in [3.05, 3.63) is 18.0 Å². The van der Waals surface area contributed by atoms with Gasteiger partial charge in [0, 0.05) is 44.0 Å². The third-order valence-corrected chi connectivity index (χ3v) is 4.83. The first kappa shape index (κ1) is 14.5. The van der Waals surface area contributed by atoms with Gasteiger partial charge in [-0.1, -0.05) is 0 Å². The second kappa shape index (κ2) is 6.02. The van der Waals surface area contributed by atoms with Gasteiger partial charge in [0.25, 0.3) is 0 Å². The molecule has 0 radical (unpaired) electrons. The molecule has 1 aliphatic heterocycles. The van der Waals surface area contributed by atoms with Crippen molar-refractivity contribution in [1.82, 2.24) is 19.4 Å². The highest BCUT2D eigenvalue weighted by Crippen LogP contribution is 2.13. The molecule has 0 bridgehead atoms. The molecule has 0 unspecified atom stereocenters. The van der Waals surface area contributed by atoms with Crippen LogP contribution in [0, 0.1) is 0 Å². The van der Waals surface area contributed by atoms with Crippen LogP contribution in [-0.4, -0.2) is 47.9 Å². The Bertz CT molecular complexity index is 504. The first-order valence-corrected chi connectivity index (χ1v) is 8.53. The first-order chi connectivity index (χ1) is 8.99. The Morgan fingerprint density at radius 1 is 1.42 bits per heavy atom. The zero-order valence-electron chi connectivity index (χ0n) is 11.5. The highest BCUT2D eigenvalue weighted by atomic mass is 32.2. The zero-order chi connectivity index (χ0) is 13.9. The molecule has 19 heavy (non-hydrogen) atoms. The van der Waals surface area contributed by atoms with Crippen molar-refractivity contribution in [2.45, 2.75) is 38.9 Å². The zero-order valence-corrected chi connectivity index (χ0v) is 12.4. The van der Waals surface area contributed by atoms with Crippen molar-refractivity contribution in [2.75, 3.05) is 19.3 Å². The van der Waals surface area contributed by atoms with Crippen molar-refractivity contribution in [3.8, 4) is 0 Å². The molecule has 1 saturated heterocycles. The molecule has 108 valence electrons. The van der Waals surface area contributed by atoms with E-state index < -0.39 is 10.0 Å². The Morgan fingerprint density at radius 3 is 2.63 bits per heavy atom. The minimum absolute atomic E-state index is 0.392. The van der Waals surface area contributed by atoms with E-state index in [4.69, 9.17) is 0 Å². The number of aryl methyl sites for hydroxylation is 1. The molecule has 0 aromatic carbocycles. The fourth-order valence-electron chi connectivity index (χ4n) is 2.32. The van der Waals surface area contributed by atoms with Crippen LogP contribution in [0.25, 0.3) is 0 Å². The molecule has 1 N–H and O–H groups in total. The van der Waals surface area contributed by atoms with Gasteiger partial charge in [-0.05, 0) is 19.8 Å². The smallest absolute Gasteiger partial charge is 0.211 e. The summed E-state index contributed by atoms with van der Waals surface area (Å²) in [4.78, 5) is 0. The topological polar surface area (TPSA) is 67.2 Å². The maximum absolute atomic E-state index is 11.4. The quantitative estimate of drug-likeness (QED) is 0.852. The highest BCUT2D eigenvalue weighted by molar-refractivity contribution is 7.88. The Morgan fingerprint density at radius 2 is 2.11 bits per heavy atom. The van der Waals surface area contributed by atoms with Gasteiger partial charge in [0.05, 0.1) is 12.5 Å². The highest BCUT2D eigenvalue weighted by Gasteiger charge is 2.24. The molecular formula is C12H22N4O2S. The predicted octanol–water partition coefficient (Wildman–Crippen LogP) is 0.417. The molecule has 1 aliphatic rings. The monoisotopic (exact) mass is 286 g/mol. The van der Waals surface area contributed by atoms with Gasteiger partial charge in [-0.2, -0.15) is 5.10 Å². The molecule has 1 aromatic rings. The van der Waals surface area contributed by atoms with Crippen molar-refractivity contribution >= 4 is 10.0 Å². The van der Waals surface area contributed by atoms with E-state index in [1.54, 1.807) is 4.31 Å². The Hall–Kier alpha value is -0.920. The third kappa shape index (κ3) is 4.02. The van der Waals surface area contributed by atoms with E-state index in [9.17, 15) is 8.42 Å². The summed E-state index contributed by atoms with van der Waals surface area (Å²) in [6, 6.07) is 0.392. The van der Waals surface area contributed by atoms with Gasteiger partial charge in [-0.3, -0.25) is 4.68 Å². The molecule has 1 fully saturated rings. The molecule has 2 heterocycles. The average Bonchev–Trinajstić information content (AvgIpc) is 2.84. The van der Waals surface area contributed by atoms with Crippen LogP contribution >= 0.6 is 0 Å². The van der Waals surface area contributed by atoms with Crippen LogP contribution in [0.5, 0.6) is 0 Å². The fourth-order valence-corrected chi connectivity index (χ4v) is 3.20. The normalized spacial score (nSPS) is 18.8. The molecule has 0 saturated carbocycles. The van der Waals surface area contributed by atoms with Gasteiger partial charge < -0.3 is 5.32 Å². The van der Waals surface area contributed by atoms with Gasteiger partial charge in [0.15, 0.2) is 0 Å². The summed E-state index contributed by atoms with van der Waals surface area (Å²) in [5, 5.41) is 7.70. The van der Waals surface area contributed by atoms with Crippen molar-refractivity contribution in [1.29, 1.82) is 0 Å². The number of piperidine rings is 1. The van der Waals surface area contributed by atoms with Gasteiger partial charge >= 0.3 is 0 Å².